The molecule has 2 aliphatic rings. The van der Waals surface area contributed by atoms with Crippen molar-refractivity contribution in [3.05, 3.63) is 47.5 Å². The molecule has 0 saturated carbocycles. The first-order valence-corrected chi connectivity index (χ1v) is 13.9. The lowest BCUT2D eigenvalue weighted by Gasteiger charge is -2.41. The highest BCUT2D eigenvalue weighted by molar-refractivity contribution is 7.91. The molecule has 0 spiro atoms. The number of aliphatic hydroxyl groups is 1. The molecule has 0 bridgehead atoms. The van der Waals surface area contributed by atoms with E-state index in [9.17, 15) is 18.3 Å². The molecule has 36 heavy (non-hydrogen) atoms. The summed E-state index contributed by atoms with van der Waals surface area (Å²) in [6.07, 6.45) is 1.52. The van der Waals surface area contributed by atoms with Gasteiger partial charge in [0.15, 0.2) is 4.75 Å². The van der Waals surface area contributed by atoms with E-state index >= 15 is 0 Å². The van der Waals surface area contributed by atoms with Gasteiger partial charge >= 0.3 is 5.97 Å². The quantitative estimate of drug-likeness (QED) is 0.548. The van der Waals surface area contributed by atoms with Gasteiger partial charge in [-0.3, -0.25) is 4.79 Å². The van der Waals surface area contributed by atoms with Crippen LogP contribution in [0, 0.1) is 6.92 Å². The van der Waals surface area contributed by atoms with Crippen LogP contribution in [-0.2, 0) is 14.8 Å². The largest absolute Gasteiger partial charge is 0.480 e. The first-order chi connectivity index (χ1) is 17.2. The Balaban J connectivity index is 1.46. The van der Waals surface area contributed by atoms with E-state index in [0.717, 1.165) is 22.4 Å². The summed E-state index contributed by atoms with van der Waals surface area (Å²) in [6.45, 7) is 3.70. The van der Waals surface area contributed by atoms with Crippen LogP contribution in [0.3, 0.4) is 0 Å². The summed E-state index contributed by atoms with van der Waals surface area (Å²) in [4.78, 5) is 18.7. The number of benzene rings is 1. The summed E-state index contributed by atoms with van der Waals surface area (Å²) >= 11 is 0. The monoisotopic (exact) mass is 517 g/mol. The van der Waals surface area contributed by atoms with E-state index in [0.29, 0.717) is 44.9 Å². The maximum absolute atomic E-state index is 13.5. The maximum atomic E-state index is 13.5. The normalized spacial score (nSPS) is 19.8. The van der Waals surface area contributed by atoms with Crippen molar-refractivity contribution >= 4 is 16.0 Å². The number of aliphatic carboxylic acids is 1. The highest BCUT2D eigenvalue weighted by atomic mass is 32.2. The minimum Gasteiger partial charge on any atom is -0.480 e. The van der Waals surface area contributed by atoms with Crippen molar-refractivity contribution < 1.29 is 28.2 Å². The van der Waals surface area contributed by atoms with Crippen LogP contribution in [0.25, 0.3) is 11.3 Å². The van der Waals surface area contributed by atoms with Gasteiger partial charge in [-0.25, -0.2) is 17.7 Å². The van der Waals surface area contributed by atoms with Crippen LogP contribution in [-0.4, -0.2) is 90.0 Å². The number of sulfonamides is 1. The molecular formula is C26H35N3O6S. The second kappa shape index (κ2) is 10.8. The number of carbonyl (C=O) groups is 1. The number of aryl methyl sites for hydroxylation is 1. The average molecular weight is 518 g/mol. The molecule has 4 rings (SSSR count). The number of carboxylic acids is 1. The molecule has 0 unspecified atom stereocenters. The van der Waals surface area contributed by atoms with Crippen LogP contribution in [0.5, 0.6) is 5.88 Å². The highest BCUT2D eigenvalue weighted by Gasteiger charge is 2.55. The van der Waals surface area contributed by atoms with Crippen molar-refractivity contribution in [3.63, 3.8) is 0 Å². The van der Waals surface area contributed by atoms with Crippen LogP contribution in [0.15, 0.2) is 36.4 Å². The summed E-state index contributed by atoms with van der Waals surface area (Å²) in [7, 11) is -2.08. The lowest BCUT2D eigenvalue weighted by atomic mass is 9.88. The summed E-state index contributed by atoms with van der Waals surface area (Å²) in [5, 5.41) is 18.9. The molecule has 2 aliphatic heterocycles. The van der Waals surface area contributed by atoms with E-state index in [1.54, 1.807) is 6.07 Å². The predicted octanol–water partition coefficient (Wildman–Crippen LogP) is 2.49. The minimum absolute atomic E-state index is 0.0750. The molecule has 1 aromatic carbocycles. The summed E-state index contributed by atoms with van der Waals surface area (Å²) in [5.41, 5.74) is 3.98. The van der Waals surface area contributed by atoms with Gasteiger partial charge in [-0.1, -0.05) is 24.3 Å². The number of hydrogen-bond donors (Lipinski definition) is 2. The SMILES string of the molecule is Cc1cc(C2CCN(S(=O)(=O)C3(C(=O)O)CCN(C)CC3)CC2)ccc1-c1cccc(OCCO)n1. The predicted molar refractivity (Wildman–Crippen MR) is 137 cm³/mol. The molecule has 0 radical (unpaired) electrons. The Morgan fingerprint density at radius 1 is 1.14 bits per heavy atom. The van der Waals surface area contributed by atoms with E-state index in [-0.39, 0.29) is 32.0 Å². The fourth-order valence-corrected chi connectivity index (χ4v) is 7.37. The van der Waals surface area contributed by atoms with Crippen molar-refractivity contribution in [2.45, 2.75) is 43.3 Å². The molecule has 2 aromatic rings. The Bertz CT molecular complexity index is 1190. The summed E-state index contributed by atoms with van der Waals surface area (Å²) in [6, 6.07) is 11.8. The number of pyridine rings is 1. The van der Waals surface area contributed by atoms with Crippen LogP contribution in [0.2, 0.25) is 0 Å². The van der Waals surface area contributed by atoms with E-state index in [1.807, 2.05) is 37.1 Å². The number of piperidine rings is 2. The summed E-state index contributed by atoms with van der Waals surface area (Å²) in [5.74, 6) is -0.569. The topological polar surface area (TPSA) is 120 Å². The second-order valence-corrected chi connectivity index (χ2v) is 12.0. The van der Waals surface area contributed by atoms with Gasteiger partial charge in [0.2, 0.25) is 15.9 Å². The standard InChI is InChI=1S/C26H35N3O6S/c1-19-18-21(6-7-22(19)23-4-3-5-24(27-23)35-17-16-30)20-8-12-29(13-9-20)36(33,34)26(25(31)32)10-14-28(2)15-11-26/h3-7,18,20,30H,8-17H2,1-2H3,(H,31,32). The Labute approximate surface area is 212 Å². The van der Waals surface area contributed by atoms with Crippen molar-refractivity contribution in [3.8, 4) is 17.1 Å². The zero-order valence-electron chi connectivity index (χ0n) is 20.9. The molecule has 2 saturated heterocycles. The van der Waals surface area contributed by atoms with Gasteiger partial charge in [-0.05, 0) is 75.9 Å². The lowest BCUT2D eigenvalue weighted by Crippen LogP contribution is -2.59. The van der Waals surface area contributed by atoms with Crippen LogP contribution in [0.4, 0.5) is 0 Å². The molecule has 0 aliphatic carbocycles. The first kappa shape index (κ1) is 26.5. The molecular weight excluding hydrogens is 482 g/mol. The van der Waals surface area contributed by atoms with Gasteiger partial charge in [-0.2, -0.15) is 0 Å². The lowest BCUT2D eigenvalue weighted by molar-refractivity contribution is -0.141. The molecule has 2 fully saturated rings. The van der Waals surface area contributed by atoms with Crippen molar-refractivity contribution in [1.29, 1.82) is 0 Å². The number of aliphatic hydroxyl groups excluding tert-OH is 1. The van der Waals surface area contributed by atoms with E-state index in [1.165, 1.54) is 4.31 Å². The number of hydrogen-bond acceptors (Lipinski definition) is 7. The van der Waals surface area contributed by atoms with Gasteiger partial charge in [0.25, 0.3) is 0 Å². The molecule has 0 atom stereocenters. The Hall–Kier alpha value is -2.53. The molecule has 196 valence electrons. The van der Waals surface area contributed by atoms with Crippen LogP contribution < -0.4 is 4.74 Å². The maximum Gasteiger partial charge on any atom is 0.326 e. The van der Waals surface area contributed by atoms with Crippen molar-refractivity contribution in [1.82, 2.24) is 14.2 Å². The number of rotatable bonds is 8. The van der Waals surface area contributed by atoms with Crippen molar-refractivity contribution in [2.24, 2.45) is 0 Å². The molecule has 3 heterocycles. The highest BCUT2D eigenvalue weighted by Crippen LogP contribution is 2.38. The zero-order chi connectivity index (χ0) is 25.9. The number of nitrogens with zero attached hydrogens (tertiary/aromatic N) is 3. The Morgan fingerprint density at radius 3 is 2.44 bits per heavy atom. The van der Waals surface area contributed by atoms with Gasteiger partial charge in [0.1, 0.15) is 6.61 Å². The Morgan fingerprint density at radius 2 is 1.83 bits per heavy atom. The number of aromatic nitrogens is 1. The number of carboxylic acid groups (broad SMARTS) is 1. The van der Waals surface area contributed by atoms with Gasteiger partial charge in [0.05, 0.1) is 12.3 Å². The first-order valence-electron chi connectivity index (χ1n) is 12.4. The molecule has 9 nitrogen and oxygen atoms in total. The second-order valence-electron chi connectivity index (χ2n) is 9.79. The van der Waals surface area contributed by atoms with E-state index in [4.69, 9.17) is 9.84 Å². The molecule has 1 aromatic heterocycles. The summed E-state index contributed by atoms with van der Waals surface area (Å²) < 4.78 is 32.1. The average Bonchev–Trinajstić information content (AvgIpc) is 2.88. The molecule has 10 heteroatoms. The van der Waals surface area contributed by atoms with Gasteiger partial charge in [0, 0.05) is 24.7 Å². The third kappa shape index (κ3) is 5.13. The van der Waals surface area contributed by atoms with Crippen LogP contribution in [0.1, 0.15) is 42.7 Å². The fraction of sp³-hybridized carbons (Fsp3) is 0.538. The number of ether oxygens (including phenoxy) is 1. The van der Waals surface area contributed by atoms with Crippen LogP contribution >= 0.6 is 0 Å². The third-order valence-electron chi connectivity index (χ3n) is 7.53. The smallest absolute Gasteiger partial charge is 0.326 e. The van der Waals surface area contributed by atoms with E-state index < -0.39 is 20.7 Å². The number of likely N-dealkylation sites (tertiary alicyclic amines) is 1. The van der Waals surface area contributed by atoms with Crippen molar-refractivity contribution in [2.75, 3.05) is 46.4 Å². The zero-order valence-corrected chi connectivity index (χ0v) is 21.7. The minimum atomic E-state index is -3.97. The fourth-order valence-electron chi connectivity index (χ4n) is 5.26. The molecule has 2 N–H and O–H groups in total. The van der Waals surface area contributed by atoms with Gasteiger partial charge in [-0.15, -0.1) is 0 Å². The molecule has 0 amide bonds. The third-order valence-corrected chi connectivity index (χ3v) is 10.2. The van der Waals surface area contributed by atoms with E-state index in [2.05, 4.69) is 17.1 Å². The Kier molecular flexibility index (Phi) is 7.99. The van der Waals surface area contributed by atoms with Gasteiger partial charge < -0.3 is 19.8 Å².